The lowest BCUT2D eigenvalue weighted by Crippen LogP contribution is -2.49. The van der Waals surface area contributed by atoms with Crippen molar-refractivity contribution < 1.29 is 36.6 Å². The normalized spacial score (nSPS) is 17.1. The van der Waals surface area contributed by atoms with Gasteiger partial charge in [-0.2, -0.15) is 13.2 Å². The molecule has 5 N–H and O–H groups in total. The Kier molecular flexibility index (Phi) is 11.3. The van der Waals surface area contributed by atoms with Gasteiger partial charge in [-0.3, -0.25) is 18.2 Å². The van der Waals surface area contributed by atoms with Crippen molar-refractivity contribution in [3.63, 3.8) is 0 Å². The number of hydrogen-bond donors (Lipinski definition) is 5. The second-order valence-electron chi connectivity index (χ2n) is 11.0. The first-order valence-corrected chi connectivity index (χ1v) is 16.3. The van der Waals surface area contributed by atoms with Gasteiger partial charge in [0.1, 0.15) is 0 Å². The highest BCUT2D eigenvalue weighted by molar-refractivity contribution is 8.25. The Bertz CT molecular complexity index is 1410. The van der Waals surface area contributed by atoms with E-state index >= 15 is 4.39 Å². The van der Waals surface area contributed by atoms with Crippen molar-refractivity contribution in [1.29, 1.82) is 0 Å². The van der Waals surface area contributed by atoms with Gasteiger partial charge in [0.25, 0.3) is 5.91 Å². The van der Waals surface area contributed by atoms with Crippen LogP contribution >= 0.6 is 10.8 Å². The van der Waals surface area contributed by atoms with Gasteiger partial charge in [-0.15, -0.1) is 10.8 Å². The maximum absolute atomic E-state index is 16.0. The first-order valence-electron chi connectivity index (χ1n) is 14.6. The summed E-state index contributed by atoms with van der Waals surface area (Å²) in [5.74, 6) is -1.53. The van der Waals surface area contributed by atoms with Crippen LogP contribution in [-0.2, 0) is 25.6 Å². The maximum atomic E-state index is 16.0. The summed E-state index contributed by atoms with van der Waals surface area (Å²) in [4.78, 5) is 13.6. The number of halogens is 4. The van der Waals surface area contributed by atoms with Crippen LogP contribution < -0.4 is 14.9 Å². The van der Waals surface area contributed by atoms with E-state index in [0.29, 0.717) is 30.4 Å². The molecule has 0 bridgehead atoms. The monoisotopic (exact) mass is 637 g/mol. The van der Waals surface area contributed by atoms with Gasteiger partial charge in [0.05, 0.1) is 34.7 Å². The zero-order valence-corrected chi connectivity index (χ0v) is 25.3. The number of aliphatic hydroxyl groups is 1. The molecule has 1 heterocycles. The minimum Gasteiger partial charge on any atom is -0.390 e. The predicted molar refractivity (Wildman–Crippen MR) is 165 cm³/mol. The van der Waals surface area contributed by atoms with E-state index in [9.17, 15) is 32.2 Å². The number of rotatable bonds is 12. The van der Waals surface area contributed by atoms with Gasteiger partial charge in [-0.05, 0) is 60.6 Å². The molecule has 240 valence electrons. The fraction of sp³-hybridized carbons (Fsp3) is 0.406. The minimum atomic E-state index is -4.48. The summed E-state index contributed by atoms with van der Waals surface area (Å²) < 4.78 is 77.9. The van der Waals surface area contributed by atoms with Crippen molar-refractivity contribution in [3.8, 4) is 0 Å². The zero-order valence-electron chi connectivity index (χ0n) is 24.5. The Hall–Kier alpha value is -3.16. The standard InChI is InChI=1S/C32H39F4N3O4S/c1-2-9-23-17-26(30(33)28(19-23)39-14-6-7-15-44(39,42)43)31(41)38-27(18-22-10-4-3-5-11-22)29(40)21-37-20-24-12-8-13-25(16-24)32(34,35)36/h3-5,8,10-13,16-17,19,27,29,37,40,42-43H,2,6-7,9,14-15,18,20-21H2,1H3,(H,38,41)/t27-,29-/m0/s1. The third kappa shape index (κ3) is 8.72. The van der Waals surface area contributed by atoms with Crippen molar-refractivity contribution in [1.82, 2.24) is 10.6 Å². The summed E-state index contributed by atoms with van der Waals surface area (Å²) in [5.41, 5.74) is 0.763. The van der Waals surface area contributed by atoms with Gasteiger partial charge < -0.3 is 15.7 Å². The zero-order chi connectivity index (χ0) is 31.9. The molecule has 0 unspecified atom stereocenters. The number of benzene rings is 3. The van der Waals surface area contributed by atoms with Crippen LogP contribution in [0.15, 0.2) is 66.7 Å². The molecule has 0 saturated carbocycles. The highest BCUT2D eigenvalue weighted by Gasteiger charge is 2.32. The Balaban J connectivity index is 1.55. The molecule has 44 heavy (non-hydrogen) atoms. The van der Waals surface area contributed by atoms with Gasteiger partial charge in [-0.25, -0.2) is 4.39 Å². The number of carbonyl (C=O) groups excluding carboxylic acids is 1. The van der Waals surface area contributed by atoms with Crippen molar-refractivity contribution in [2.45, 2.75) is 63.9 Å². The smallest absolute Gasteiger partial charge is 0.390 e. The average Bonchev–Trinajstić information content (AvgIpc) is 2.98. The summed E-state index contributed by atoms with van der Waals surface area (Å²) in [6.45, 7) is 2.16. The number of amides is 1. The van der Waals surface area contributed by atoms with Gasteiger partial charge in [0.15, 0.2) is 5.82 Å². The molecule has 12 heteroatoms. The molecule has 0 aromatic heterocycles. The Morgan fingerprint density at radius 3 is 2.41 bits per heavy atom. The van der Waals surface area contributed by atoms with Crippen LogP contribution in [0, 0.1) is 5.82 Å². The van der Waals surface area contributed by atoms with E-state index < -0.39 is 46.4 Å². The average molecular weight is 638 g/mol. The van der Waals surface area contributed by atoms with Gasteiger partial charge in [-0.1, -0.05) is 61.9 Å². The third-order valence-corrected chi connectivity index (χ3v) is 9.49. The largest absolute Gasteiger partial charge is 0.416 e. The Morgan fingerprint density at radius 1 is 1.00 bits per heavy atom. The van der Waals surface area contributed by atoms with Crippen LogP contribution in [0.5, 0.6) is 0 Å². The topological polar surface area (TPSA) is 105 Å². The van der Waals surface area contributed by atoms with Crippen LogP contribution in [0.25, 0.3) is 0 Å². The van der Waals surface area contributed by atoms with Gasteiger partial charge in [0, 0.05) is 19.6 Å². The van der Waals surface area contributed by atoms with Crippen molar-refractivity contribution >= 4 is 22.4 Å². The first-order chi connectivity index (χ1) is 20.9. The van der Waals surface area contributed by atoms with Crippen LogP contribution in [0.3, 0.4) is 0 Å². The SMILES string of the molecule is CCCc1cc(C(=O)N[C@@H](Cc2ccccc2)[C@@H](O)CNCc2cccc(C(F)(F)F)c2)c(F)c(N2CCCCS2(O)O)c1. The summed E-state index contributed by atoms with van der Waals surface area (Å²) in [6, 6.07) is 16.1. The quantitative estimate of drug-likeness (QED) is 0.144. The van der Waals surface area contributed by atoms with Crippen LogP contribution in [-0.4, -0.2) is 51.1 Å². The predicted octanol–water partition coefficient (Wildman–Crippen LogP) is 6.55. The molecule has 3 aromatic rings. The van der Waals surface area contributed by atoms with E-state index in [1.807, 2.05) is 37.3 Å². The van der Waals surface area contributed by atoms with E-state index in [0.717, 1.165) is 24.1 Å². The molecule has 4 rings (SSSR count). The molecule has 0 spiro atoms. The van der Waals surface area contributed by atoms with Gasteiger partial charge in [0.2, 0.25) is 0 Å². The Morgan fingerprint density at radius 2 is 1.73 bits per heavy atom. The molecular weight excluding hydrogens is 598 g/mol. The highest BCUT2D eigenvalue weighted by atomic mass is 32.3. The van der Waals surface area contributed by atoms with Gasteiger partial charge >= 0.3 is 6.18 Å². The lowest BCUT2D eigenvalue weighted by molar-refractivity contribution is -0.137. The molecular formula is C32H39F4N3O4S. The van der Waals surface area contributed by atoms with E-state index in [4.69, 9.17) is 0 Å². The second kappa shape index (κ2) is 14.7. The number of aryl methyl sites for hydroxylation is 1. The number of alkyl halides is 3. The second-order valence-corrected chi connectivity index (χ2v) is 13.2. The fourth-order valence-corrected chi connectivity index (χ4v) is 6.98. The molecule has 1 amide bonds. The van der Waals surface area contributed by atoms with E-state index in [-0.39, 0.29) is 43.1 Å². The van der Waals surface area contributed by atoms with E-state index in [1.165, 1.54) is 16.4 Å². The number of carbonyl (C=O) groups is 1. The third-order valence-electron chi connectivity index (χ3n) is 7.56. The fourth-order valence-electron chi connectivity index (χ4n) is 5.29. The van der Waals surface area contributed by atoms with Crippen LogP contribution in [0.4, 0.5) is 23.2 Å². The molecule has 0 aliphatic carbocycles. The maximum Gasteiger partial charge on any atom is 0.416 e. The molecule has 1 saturated heterocycles. The number of hydrogen-bond acceptors (Lipinski definition) is 6. The summed E-state index contributed by atoms with van der Waals surface area (Å²) in [6.07, 6.45) is -2.95. The summed E-state index contributed by atoms with van der Waals surface area (Å²) in [7, 11) is -3.24. The summed E-state index contributed by atoms with van der Waals surface area (Å²) in [5, 5.41) is 16.9. The molecule has 3 aromatic carbocycles. The van der Waals surface area contributed by atoms with E-state index in [2.05, 4.69) is 10.6 Å². The highest BCUT2D eigenvalue weighted by Crippen LogP contribution is 2.50. The molecule has 7 nitrogen and oxygen atoms in total. The number of nitrogens with zero attached hydrogens (tertiary/aromatic N) is 1. The molecule has 1 aliphatic rings. The van der Waals surface area contributed by atoms with Crippen molar-refractivity contribution in [3.05, 3.63) is 100 Å². The molecule has 0 radical (unpaired) electrons. The Labute approximate surface area is 256 Å². The minimum absolute atomic E-state index is 0.0382. The molecule has 1 fully saturated rings. The molecule has 2 atom stereocenters. The van der Waals surface area contributed by atoms with Crippen molar-refractivity contribution in [2.75, 3.05) is 23.1 Å². The number of nitrogens with one attached hydrogen (secondary N) is 2. The lowest BCUT2D eigenvalue weighted by Gasteiger charge is -2.47. The lowest BCUT2D eigenvalue weighted by atomic mass is 9.99. The number of aliphatic hydroxyl groups excluding tert-OH is 1. The van der Waals surface area contributed by atoms with Crippen molar-refractivity contribution in [2.24, 2.45) is 0 Å². The number of anilines is 1. The van der Waals surface area contributed by atoms with Crippen LogP contribution in [0.1, 0.15) is 58.8 Å². The van der Waals surface area contributed by atoms with E-state index in [1.54, 1.807) is 12.1 Å². The molecule has 1 aliphatic heterocycles. The van der Waals surface area contributed by atoms with Crippen LogP contribution in [0.2, 0.25) is 0 Å². The first kappa shape index (κ1) is 33.7. The summed E-state index contributed by atoms with van der Waals surface area (Å²) >= 11 is 0.